The van der Waals surface area contributed by atoms with E-state index in [0.717, 1.165) is 0 Å². The van der Waals surface area contributed by atoms with Crippen LogP contribution in [0, 0.1) is 0 Å². The Morgan fingerprint density at radius 3 is 1.65 bits per heavy atom. The molecule has 0 heterocycles. The predicted octanol–water partition coefficient (Wildman–Crippen LogP) is -0.0358. The van der Waals surface area contributed by atoms with Gasteiger partial charge in [-0.05, 0) is 6.42 Å². The Hall–Kier alpha value is -0.150. The zero-order valence-corrected chi connectivity index (χ0v) is 12.5. The van der Waals surface area contributed by atoms with Crippen molar-refractivity contribution in [2.45, 2.75) is 30.6 Å². The van der Waals surface area contributed by atoms with Crippen molar-refractivity contribution >= 4 is 29.5 Å². The molecule has 0 aliphatic heterocycles. The number of sulfone groups is 3. The van der Waals surface area contributed by atoms with Crippen molar-refractivity contribution in [2.24, 2.45) is 0 Å². The molecule has 0 amide bonds. The molecule has 0 aliphatic carbocycles. The summed E-state index contributed by atoms with van der Waals surface area (Å²) in [5, 5.41) is 0. The molecule has 9 heteroatoms. The summed E-state index contributed by atoms with van der Waals surface area (Å²) < 4.78 is 67.2. The smallest absolute Gasteiger partial charge is 0.227 e. The average Bonchev–Trinajstić information content (AvgIpc) is 2.11. The van der Waals surface area contributed by atoms with Gasteiger partial charge in [0.05, 0.1) is 5.75 Å². The first kappa shape index (κ1) is 16.9. The molecule has 0 saturated heterocycles. The van der Waals surface area contributed by atoms with Crippen molar-refractivity contribution in [2.75, 3.05) is 17.8 Å². The second kappa shape index (κ2) is 5.66. The lowest BCUT2D eigenvalue weighted by Crippen LogP contribution is -2.39. The third kappa shape index (κ3) is 4.55. The van der Waals surface area contributed by atoms with Crippen LogP contribution in [0.2, 0.25) is 0 Å². The molecular weight excluding hydrogens is 288 g/mol. The van der Waals surface area contributed by atoms with Gasteiger partial charge < -0.3 is 0 Å². The minimum Gasteiger partial charge on any atom is -0.227 e. The van der Waals surface area contributed by atoms with E-state index in [9.17, 15) is 25.3 Å². The minimum atomic E-state index is -4.20. The lowest BCUT2D eigenvalue weighted by molar-refractivity contribution is 0.574. The molecule has 104 valence electrons. The summed E-state index contributed by atoms with van der Waals surface area (Å²) in [5.41, 5.74) is 0. The maximum Gasteiger partial charge on any atom is 0.262 e. The number of rotatable bonds is 7. The molecule has 0 fully saturated rings. The second-order valence-corrected chi connectivity index (χ2v) is 11.4. The van der Waals surface area contributed by atoms with Crippen molar-refractivity contribution in [1.29, 1.82) is 0 Å². The van der Waals surface area contributed by atoms with E-state index in [2.05, 4.69) is 0 Å². The largest absolute Gasteiger partial charge is 0.262 e. The van der Waals surface area contributed by atoms with Crippen molar-refractivity contribution < 1.29 is 25.3 Å². The molecule has 1 atom stereocenters. The van der Waals surface area contributed by atoms with Crippen LogP contribution in [-0.4, -0.2) is 46.9 Å². The minimum absolute atomic E-state index is 0.244. The van der Waals surface area contributed by atoms with Crippen LogP contribution in [0.4, 0.5) is 0 Å². The zero-order chi connectivity index (χ0) is 13.9. The first-order valence-corrected chi connectivity index (χ1v) is 10.5. The standard InChI is InChI=1S/C8H18O6S3/c1-4-6-7-17(13,14)8(15(3,9)10)16(11,12)5-2/h8H,4-7H2,1-3H3. The maximum absolute atomic E-state index is 11.8. The molecule has 0 aromatic carbocycles. The molecule has 17 heavy (non-hydrogen) atoms. The van der Waals surface area contributed by atoms with Crippen molar-refractivity contribution in [3.05, 3.63) is 0 Å². The van der Waals surface area contributed by atoms with E-state index < -0.39 is 44.9 Å². The summed E-state index contributed by atoms with van der Waals surface area (Å²) >= 11 is 0. The monoisotopic (exact) mass is 306 g/mol. The highest BCUT2D eigenvalue weighted by Crippen LogP contribution is 2.19. The highest BCUT2D eigenvalue weighted by Gasteiger charge is 2.44. The quantitative estimate of drug-likeness (QED) is 0.654. The fourth-order valence-electron chi connectivity index (χ4n) is 1.33. The summed E-state index contributed by atoms with van der Waals surface area (Å²) in [5.74, 6) is -0.948. The number of hydrogen-bond donors (Lipinski definition) is 0. The highest BCUT2D eigenvalue weighted by atomic mass is 32.3. The highest BCUT2D eigenvalue weighted by molar-refractivity contribution is 8.24. The topological polar surface area (TPSA) is 102 Å². The fourth-order valence-corrected chi connectivity index (χ4v) is 9.93. The molecule has 0 aromatic heterocycles. The van der Waals surface area contributed by atoms with E-state index in [1.807, 2.05) is 0 Å². The Balaban J connectivity index is 5.70. The first-order chi connectivity index (χ1) is 7.49. The van der Waals surface area contributed by atoms with E-state index in [4.69, 9.17) is 0 Å². The van der Waals surface area contributed by atoms with Crippen LogP contribution in [0.1, 0.15) is 26.7 Å². The van der Waals surface area contributed by atoms with Gasteiger partial charge in [-0.15, -0.1) is 0 Å². The van der Waals surface area contributed by atoms with E-state index in [-0.39, 0.29) is 6.42 Å². The molecule has 0 rings (SSSR count). The summed E-state index contributed by atoms with van der Waals surface area (Å²) in [7, 11) is -12.6. The molecule has 0 spiro atoms. The SMILES string of the molecule is CCCCS(=O)(=O)C(S(C)(=O)=O)S(=O)(=O)CC. The Morgan fingerprint density at radius 1 is 0.882 bits per heavy atom. The average molecular weight is 306 g/mol. The van der Waals surface area contributed by atoms with E-state index in [0.29, 0.717) is 12.7 Å². The van der Waals surface area contributed by atoms with Crippen LogP contribution in [0.5, 0.6) is 0 Å². The third-order valence-corrected chi connectivity index (χ3v) is 11.3. The molecule has 0 bridgehead atoms. The molecule has 0 radical (unpaired) electrons. The van der Waals surface area contributed by atoms with Crippen LogP contribution in [0.25, 0.3) is 0 Å². The van der Waals surface area contributed by atoms with Gasteiger partial charge in [-0.3, -0.25) is 0 Å². The van der Waals surface area contributed by atoms with E-state index in [1.54, 1.807) is 6.92 Å². The van der Waals surface area contributed by atoms with Gasteiger partial charge in [0.15, 0.2) is 29.5 Å². The van der Waals surface area contributed by atoms with Crippen molar-refractivity contribution in [3.63, 3.8) is 0 Å². The van der Waals surface area contributed by atoms with Crippen LogP contribution < -0.4 is 0 Å². The van der Waals surface area contributed by atoms with E-state index in [1.165, 1.54) is 6.92 Å². The Labute approximate surface area is 103 Å². The molecule has 0 aliphatic rings. The molecule has 0 aromatic rings. The molecule has 1 unspecified atom stereocenters. The van der Waals surface area contributed by atoms with Gasteiger partial charge in [-0.1, -0.05) is 20.3 Å². The molecule has 0 saturated carbocycles. The number of hydrogen-bond acceptors (Lipinski definition) is 6. The summed E-state index contributed by atoms with van der Waals surface area (Å²) in [6, 6.07) is 0. The zero-order valence-electron chi connectivity index (χ0n) is 10.1. The summed E-state index contributed by atoms with van der Waals surface area (Å²) in [6.07, 6.45) is 1.42. The maximum atomic E-state index is 11.8. The second-order valence-electron chi connectivity index (χ2n) is 3.79. The molecule has 0 N–H and O–H groups in total. The Morgan fingerprint density at radius 2 is 1.35 bits per heavy atom. The van der Waals surface area contributed by atoms with Gasteiger partial charge in [0.1, 0.15) is 0 Å². The summed E-state index contributed by atoms with van der Waals surface area (Å²) in [4.78, 5) is 0. The van der Waals surface area contributed by atoms with Crippen molar-refractivity contribution in [3.8, 4) is 0 Å². The van der Waals surface area contributed by atoms with Gasteiger partial charge in [-0.2, -0.15) is 0 Å². The lowest BCUT2D eigenvalue weighted by Gasteiger charge is -2.15. The van der Waals surface area contributed by atoms with Gasteiger partial charge in [0.2, 0.25) is 0 Å². The van der Waals surface area contributed by atoms with Gasteiger partial charge in [0.25, 0.3) is 3.91 Å². The lowest BCUT2D eigenvalue weighted by atomic mass is 10.4. The van der Waals surface area contributed by atoms with Crippen LogP contribution in [0.15, 0.2) is 0 Å². The Bertz CT molecular complexity index is 540. The fraction of sp³-hybridized carbons (Fsp3) is 1.00. The molecular formula is C8H18O6S3. The van der Waals surface area contributed by atoms with Crippen molar-refractivity contribution in [1.82, 2.24) is 0 Å². The predicted molar refractivity (Wildman–Crippen MR) is 66.8 cm³/mol. The van der Waals surface area contributed by atoms with Crippen LogP contribution in [0.3, 0.4) is 0 Å². The third-order valence-electron chi connectivity index (χ3n) is 2.12. The van der Waals surface area contributed by atoms with E-state index >= 15 is 0 Å². The van der Waals surface area contributed by atoms with Crippen LogP contribution in [-0.2, 0) is 29.5 Å². The first-order valence-electron chi connectivity index (χ1n) is 5.11. The summed E-state index contributed by atoms with van der Waals surface area (Å²) in [6.45, 7) is 2.96. The Kier molecular flexibility index (Phi) is 5.61. The molecule has 6 nitrogen and oxygen atoms in total. The van der Waals surface area contributed by atoms with Crippen LogP contribution >= 0.6 is 0 Å². The number of unbranched alkanes of at least 4 members (excludes halogenated alkanes) is 1. The van der Waals surface area contributed by atoms with Gasteiger partial charge >= 0.3 is 0 Å². The normalized spacial score (nSPS) is 15.7. The van der Waals surface area contributed by atoms with Gasteiger partial charge in [0, 0.05) is 12.0 Å². The van der Waals surface area contributed by atoms with Gasteiger partial charge in [-0.25, -0.2) is 25.3 Å².